The van der Waals surface area contributed by atoms with Crippen molar-refractivity contribution in [2.24, 2.45) is 0 Å². The van der Waals surface area contributed by atoms with Crippen molar-refractivity contribution in [2.75, 3.05) is 11.9 Å². The number of fused-ring (bicyclic) bond motifs is 1. The first kappa shape index (κ1) is 28.4. The van der Waals surface area contributed by atoms with Crippen molar-refractivity contribution < 1.29 is 29.0 Å². The number of carboxylic acids is 1. The quantitative estimate of drug-likeness (QED) is 0.230. The molecule has 2 aromatic carbocycles. The maximum absolute atomic E-state index is 14.0. The number of allylic oxidation sites excluding steroid dienone is 2. The van der Waals surface area contributed by atoms with Gasteiger partial charge in [0.2, 0.25) is 0 Å². The number of nitrogens with zero attached hydrogens (tertiary/aromatic N) is 2. The number of carbonyl (C=O) groups is 3. The fourth-order valence-electron chi connectivity index (χ4n) is 6.01. The van der Waals surface area contributed by atoms with E-state index in [9.17, 15) is 19.5 Å². The van der Waals surface area contributed by atoms with E-state index in [4.69, 9.17) is 14.6 Å². The molecule has 2 unspecified atom stereocenters. The number of hydrogen-bond donors (Lipinski definition) is 2. The first-order valence-electron chi connectivity index (χ1n) is 14.1. The van der Waals surface area contributed by atoms with Gasteiger partial charge in [0.15, 0.2) is 12.4 Å². The van der Waals surface area contributed by atoms with E-state index in [-0.39, 0.29) is 30.0 Å². The minimum absolute atomic E-state index is 0.0158. The number of Topliss-reactive ketones (excluding diaryl/α,β-unsaturated/α-hetero) is 1. The van der Waals surface area contributed by atoms with Crippen LogP contribution in [0.5, 0.6) is 5.75 Å². The number of benzene rings is 2. The van der Waals surface area contributed by atoms with Crippen LogP contribution in [-0.2, 0) is 14.3 Å². The molecular weight excluding hydrogens is 566 g/mol. The maximum Gasteiger partial charge on any atom is 0.344 e. The van der Waals surface area contributed by atoms with Crippen LogP contribution in [0.1, 0.15) is 70.6 Å². The minimum Gasteiger partial charge on any atom is -0.482 e. The standard InChI is InChI=1S/C33H31N3O6S/c1-18(2)42-28(38)17-41-26-12-7-5-10-22(26)30-29-19(3)35-36(24-11-6-4-9-21(24)33(39)40)32(29)34-23-15-20(16-25(37)31(23)30)27-13-8-14-43-27/h4-14,18,20,30,34H,15-17H2,1-3H3,(H,39,40). The lowest BCUT2D eigenvalue weighted by Crippen LogP contribution is -2.30. The van der Waals surface area contributed by atoms with Gasteiger partial charge in [0, 0.05) is 45.5 Å². The second kappa shape index (κ2) is 11.5. The van der Waals surface area contributed by atoms with Crippen LogP contribution >= 0.6 is 11.3 Å². The topological polar surface area (TPSA) is 120 Å². The molecule has 2 aliphatic rings. The molecule has 10 heteroatoms. The Kier molecular flexibility index (Phi) is 7.62. The van der Waals surface area contributed by atoms with Crippen LogP contribution in [-0.4, -0.2) is 45.3 Å². The molecule has 0 saturated heterocycles. The summed E-state index contributed by atoms with van der Waals surface area (Å²) in [5.74, 6) is -1.01. The van der Waals surface area contributed by atoms with E-state index >= 15 is 0 Å². The van der Waals surface area contributed by atoms with Crippen molar-refractivity contribution in [1.29, 1.82) is 0 Å². The number of aryl methyl sites for hydroxylation is 1. The first-order valence-corrected chi connectivity index (χ1v) is 15.0. The Bertz CT molecular complexity index is 1750. The second-order valence-corrected chi connectivity index (χ2v) is 11.9. The Labute approximate surface area is 252 Å². The molecule has 1 aliphatic carbocycles. The Morgan fingerprint density at radius 1 is 1.09 bits per heavy atom. The zero-order valence-electron chi connectivity index (χ0n) is 24.0. The van der Waals surface area contributed by atoms with E-state index in [1.54, 1.807) is 60.2 Å². The average molecular weight is 598 g/mol. The number of nitrogens with one attached hydrogen (secondary N) is 1. The molecule has 2 N–H and O–H groups in total. The molecule has 4 aromatic rings. The van der Waals surface area contributed by atoms with Gasteiger partial charge in [-0.1, -0.05) is 36.4 Å². The lowest BCUT2D eigenvalue weighted by Gasteiger charge is -2.36. The van der Waals surface area contributed by atoms with Crippen LogP contribution in [0, 0.1) is 6.92 Å². The summed E-state index contributed by atoms with van der Waals surface area (Å²) < 4.78 is 12.9. The van der Waals surface area contributed by atoms with Gasteiger partial charge in [0.25, 0.3) is 0 Å². The number of ketones is 1. The van der Waals surface area contributed by atoms with Gasteiger partial charge in [-0.25, -0.2) is 14.3 Å². The number of anilines is 1. The van der Waals surface area contributed by atoms with Crippen LogP contribution in [0.15, 0.2) is 77.3 Å². The fourth-order valence-corrected chi connectivity index (χ4v) is 6.84. The van der Waals surface area contributed by atoms with E-state index < -0.39 is 17.9 Å². The highest BCUT2D eigenvalue weighted by molar-refractivity contribution is 7.10. The predicted octanol–water partition coefficient (Wildman–Crippen LogP) is 6.23. The summed E-state index contributed by atoms with van der Waals surface area (Å²) in [5, 5.41) is 20.3. The Morgan fingerprint density at radius 2 is 1.86 bits per heavy atom. The number of esters is 1. The number of hydrogen-bond acceptors (Lipinski definition) is 8. The summed E-state index contributed by atoms with van der Waals surface area (Å²) in [4.78, 5) is 39.7. The molecule has 0 spiro atoms. The third-order valence-electron chi connectivity index (χ3n) is 7.71. The van der Waals surface area contributed by atoms with Crippen LogP contribution in [0.3, 0.4) is 0 Å². The fraction of sp³-hybridized carbons (Fsp3) is 0.273. The number of thiophene rings is 1. The molecule has 2 aromatic heterocycles. The van der Waals surface area contributed by atoms with Crippen molar-refractivity contribution in [3.8, 4) is 11.4 Å². The molecule has 0 radical (unpaired) electrons. The molecule has 6 rings (SSSR count). The molecular formula is C33H31N3O6S. The van der Waals surface area contributed by atoms with Gasteiger partial charge in [-0.3, -0.25) is 4.79 Å². The van der Waals surface area contributed by atoms with Gasteiger partial charge in [-0.05, 0) is 56.8 Å². The molecule has 0 bridgehead atoms. The largest absolute Gasteiger partial charge is 0.482 e. The van der Waals surface area contributed by atoms with Gasteiger partial charge in [0.1, 0.15) is 11.6 Å². The molecule has 3 heterocycles. The molecule has 43 heavy (non-hydrogen) atoms. The lowest BCUT2D eigenvalue weighted by molar-refractivity contribution is -0.149. The summed E-state index contributed by atoms with van der Waals surface area (Å²) in [7, 11) is 0. The maximum atomic E-state index is 14.0. The minimum atomic E-state index is -1.07. The summed E-state index contributed by atoms with van der Waals surface area (Å²) in [6.45, 7) is 5.12. The Morgan fingerprint density at radius 3 is 2.60 bits per heavy atom. The predicted molar refractivity (Wildman–Crippen MR) is 162 cm³/mol. The zero-order chi connectivity index (χ0) is 30.2. The van der Waals surface area contributed by atoms with E-state index in [1.165, 1.54) is 0 Å². The van der Waals surface area contributed by atoms with Crippen molar-refractivity contribution in [2.45, 2.75) is 51.6 Å². The normalized spacial score (nSPS) is 17.7. The zero-order valence-corrected chi connectivity index (χ0v) is 24.8. The van der Waals surface area contributed by atoms with Gasteiger partial charge in [-0.2, -0.15) is 5.10 Å². The summed E-state index contributed by atoms with van der Waals surface area (Å²) in [5.41, 5.74) is 4.03. The first-order chi connectivity index (χ1) is 20.7. The molecule has 0 fully saturated rings. The number of para-hydroxylation sites is 2. The molecule has 1 aliphatic heterocycles. The van der Waals surface area contributed by atoms with Crippen LogP contribution in [0.4, 0.5) is 5.82 Å². The van der Waals surface area contributed by atoms with Crippen molar-refractivity contribution >= 4 is 34.9 Å². The summed E-state index contributed by atoms with van der Waals surface area (Å²) >= 11 is 1.63. The van der Waals surface area contributed by atoms with Crippen LogP contribution < -0.4 is 10.1 Å². The monoisotopic (exact) mass is 597 g/mol. The van der Waals surface area contributed by atoms with Gasteiger partial charge in [0.05, 0.1) is 23.0 Å². The lowest BCUT2D eigenvalue weighted by atomic mass is 9.73. The van der Waals surface area contributed by atoms with Crippen LogP contribution in [0.2, 0.25) is 0 Å². The number of ether oxygens (including phenoxy) is 2. The molecule has 0 amide bonds. The summed E-state index contributed by atoms with van der Waals surface area (Å²) in [6.07, 6.45) is 0.696. The van der Waals surface area contributed by atoms with E-state index in [1.807, 2.05) is 36.6 Å². The smallest absolute Gasteiger partial charge is 0.344 e. The number of carboxylic acid groups (broad SMARTS) is 1. The highest BCUT2D eigenvalue weighted by Gasteiger charge is 2.42. The van der Waals surface area contributed by atoms with E-state index in [0.717, 1.165) is 16.1 Å². The van der Waals surface area contributed by atoms with Crippen molar-refractivity contribution in [3.05, 3.63) is 105 Å². The van der Waals surface area contributed by atoms with Crippen LogP contribution in [0.25, 0.3) is 5.69 Å². The number of aromatic nitrogens is 2. The van der Waals surface area contributed by atoms with Crippen molar-refractivity contribution in [1.82, 2.24) is 9.78 Å². The molecule has 220 valence electrons. The van der Waals surface area contributed by atoms with Gasteiger partial charge in [-0.15, -0.1) is 11.3 Å². The van der Waals surface area contributed by atoms with E-state index in [2.05, 4.69) is 11.4 Å². The molecule has 0 saturated carbocycles. The summed E-state index contributed by atoms with van der Waals surface area (Å²) in [6, 6.07) is 18.1. The average Bonchev–Trinajstić information content (AvgIpc) is 3.63. The highest BCUT2D eigenvalue weighted by Crippen LogP contribution is 2.51. The SMILES string of the molecule is Cc1nn(-c2ccccc2C(=O)O)c2c1C(c1ccccc1OCC(=O)OC(C)C)C1=C(CC(c3cccs3)CC1=O)N2. The Hall–Kier alpha value is -4.70. The molecule has 9 nitrogen and oxygen atoms in total. The van der Waals surface area contributed by atoms with Crippen molar-refractivity contribution in [3.63, 3.8) is 0 Å². The number of carbonyl (C=O) groups excluding carboxylic acids is 2. The van der Waals surface area contributed by atoms with Gasteiger partial charge < -0.3 is 19.9 Å². The third kappa shape index (κ3) is 5.34. The number of rotatable bonds is 8. The Balaban J connectivity index is 1.51. The van der Waals surface area contributed by atoms with Gasteiger partial charge >= 0.3 is 11.9 Å². The molecule has 2 atom stereocenters. The number of aromatic carboxylic acids is 1. The van der Waals surface area contributed by atoms with E-state index in [0.29, 0.717) is 46.9 Å². The highest BCUT2D eigenvalue weighted by atomic mass is 32.1. The third-order valence-corrected chi connectivity index (χ3v) is 8.75. The second-order valence-electron chi connectivity index (χ2n) is 10.9.